The molecule has 1 aliphatic rings. The Hall–Kier alpha value is -1.36. The van der Waals surface area contributed by atoms with Crippen LogP contribution in [0.5, 0.6) is 0 Å². The fraction of sp³-hybridized carbons (Fsp3) is 0.556. The molecule has 1 saturated heterocycles. The third kappa shape index (κ3) is 1.50. The van der Waals surface area contributed by atoms with Gasteiger partial charge in [0, 0.05) is 25.9 Å². The van der Waals surface area contributed by atoms with Gasteiger partial charge in [-0.05, 0) is 12.8 Å². The maximum absolute atomic E-state index is 11.7. The average Bonchev–Trinajstić information content (AvgIpc) is 2.57. The Morgan fingerprint density at radius 1 is 1.64 bits per heavy atom. The Morgan fingerprint density at radius 3 is 3.07 bits per heavy atom. The van der Waals surface area contributed by atoms with Crippen LogP contribution < -0.4 is 10.6 Å². The molecule has 1 atom stereocenters. The van der Waals surface area contributed by atoms with Crippen LogP contribution in [0, 0.1) is 0 Å². The number of anilines is 1. The van der Waals surface area contributed by atoms with E-state index in [2.05, 4.69) is 5.10 Å². The minimum atomic E-state index is -0.356. The first-order chi connectivity index (χ1) is 6.68. The van der Waals surface area contributed by atoms with E-state index in [0.717, 1.165) is 19.4 Å². The summed E-state index contributed by atoms with van der Waals surface area (Å²) in [5.74, 6) is 0.683. The van der Waals surface area contributed by atoms with Crippen LogP contribution in [0.2, 0.25) is 0 Å². The van der Waals surface area contributed by atoms with Crippen molar-refractivity contribution < 1.29 is 4.79 Å². The lowest BCUT2D eigenvalue weighted by atomic mass is 10.1. The number of aromatic nitrogens is 2. The quantitative estimate of drug-likeness (QED) is 0.677. The molecule has 0 aromatic carbocycles. The molecule has 0 unspecified atom stereocenters. The second-order valence-electron chi connectivity index (χ2n) is 3.59. The van der Waals surface area contributed by atoms with Crippen molar-refractivity contribution in [3.63, 3.8) is 0 Å². The van der Waals surface area contributed by atoms with Gasteiger partial charge in [0.1, 0.15) is 0 Å². The molecule has 5 heteroatoms. The largest absolute Gasteiger partial charge is 0.320 e. The minimum Gasteiger partial charge on any atom is -0.320 e. The smallest absolute Gasteiger partial charge is 0.245 e. The summed E-state index contributed by atoms with van der Waals surface area (Å²) >= 11 is 0. The first kappa shape index (κ1) is 9.21. The molecule has 2 N–H and O–H groups in total. The summed E-state index contributed by atoms with van der Waals surface area (Å²) in [6.07, 6.45) is 3.55. The molecule has 2 heterocycles. The highest BCUT2D eigenvalue weighted by atomic mass is 16.2. The Balaban J connectivity index is 2.21. The Morgan fingerprint density at radius 2 is 2.43 bits per heavy atom. The van der Waals surface area contributed by atoms with E-state index in [1.54, 1.807) is 9.58 Å². The fourth-order valence-corrected chi connectivity index (χ4v) is 1.68. The van der Waals surface area contributed by atoms with Gasteiger partial charge in [-0.2, -0.15) is 5.10 Å². The van der Waals surface area contributed by atoms with Crippen LogP contribution >= 0.6 is 0 Å². The Bertz CT molecular complexity index is 346. The summed E-state index contributed by atoms with van der Waals surface area (Å²) < 4.78 is 1.68. The van der Waals surface area contributed by atoms with Crippen LogP contribution in [0.1, 0.15) is 12.8 Å². The van der Waals surface area contributed by atoms with Crippen molar-refractivity contribution in [2.45, 2.75) is 18.9 Å². The van der Waals surface area contributed by atoms with Crippen LogP contribution in [0.4, 0.5) is 5.82 Å². The first-order valence-electron chi connectivity index (χ1n) is 4.75. The van der Waals surface area contributed by atoms with Gasteiger partial charge >= 0.3 is 0 Å². The van der Waals surface area contributed by atoms with E-state index in [4.69, 9.17) is 5.73 Å². The summed E-state index contributed by atoms with van der Waals surface area (Å²) in [4.78, 5) is 13.3. The summed E-state index contributed by atoms with van der Waals surface area (Å²) in [6, 6.07) is 1.47. The number of hydrogen-bond acceptors (Lipinski definition) is 3. The number of carbonyl (C=O) groups excluding carboxylic acids is 1. The highest BCUT2D eigenvalue weighted by molar-refractivity contribution is 5.96. The van der Waals surface area contributed by atoms with Gasteiger partial charge in [0.15, 0.2) is 5.82 Å². The van der Waals surface area contributed by atoms with Crippen LogP contribution in [0.3, 0.4) is 0 Å². The zero-order valence-electron chi connectivity index (χ0n) is 8.18. The summed E-state index contributed by atoms with van der Waals surface area (Å²) in [5.41, 5.74) is 5.69. The van der Waals surface area contributed by atoms with Gasteiger partial charge < -0.3 is 5.73 Å². The summed E-state index contributed by atoms with van der Waals surface area (Å²) in [5, 5.41) is 4.19. The topological polar surface area (TPSA) is 64.2 Å². The Kier molecular flexibility index (Phi) is 2.25. The van der Waals surface area contributed by atoms with E-state index in [-0.39, 0.29) is 11.9 Å². The molecule has 1 fully saturated rings. The van der Waals surface area contributed by atoms with Gasteiger partial charge in [-0.3, -0.25) is 14.4 Å². The number of piperidine rings is 1. The van der Waals surface area contributed by atoms with Crippen LogP contribution in [0.15, 0.2) is 12.3 Å². The highest BCUT2D eigenvalue weighted by Crippen LogP contribution is 2.17. The Labute approximate surface area is 82.5 Å². The third-order valence-electron chi connectivity index (χ3n) is 2.46. The lowest BCUT2D eigenvalue weighted by molar-refractivity contribution is -0.120. The van der Waals surface area contributed by atoms with E-state index >= 15 is 0 Å². The third-order valence-corrected chi connectivity index (χ3v) is 2.46. The molecule has 1 aromatic heterocycles. The second-order valence-corrected chi connectivity index (χ2v) is 3.59. The molecular weight excluding hydrogens is 180 g/mol. The van der Waals surface area contributed by atoms with Crippen LogP contribution in [-0.2, 0) is 11.8 Å². The van der Waals surface area contributed by atoms with E-state index in [0.29, 0.717) is 5.82 Å². The lowest BCUT2D eigenvalue weighted by Crippen LogP contribution is -2.48. The van der Waals surface area contributed by atoms with Gasteiger partial charge in [0.2, 0.25) is 5.91 Å². The van der Waals surface area contributed by atoms with Gasteiger partial charge in [-0.25, -0.2) is 0 Å². The molecule has 1 aliphatic heterocycles. The van der Waals surface area contributed by atoms with E-state index in [1.165, 1.54) is 0 Å². The minimum absolute atomic E-state index is 0.0186. The predicted molar refractivity (Wildman–Crippen MR) is 52.8 cm³/mol. The van der Waals surface area contributed by atoms with Crippen molar-refractivity contribution in [1.29, 1.82) is 0 Å². The zero-order chi connectivity index (χ0) is 10.1. The van der Waals surface area contributed by atoms with Crippen molar-refractivity contribution in [1.82, 2.24) is 9.78 Å². The number of hydrogen-bond donors (Lipinski definition) is 1. The second kappa shape index (κ2) is 3.42. The van der Waals surface area contributed by atoms with Crippen LogP contribution in [0.25, 0.3) is 0 Å². The summed E-state index contributed by atoms with van der Waals surface area (Å²) in [7, 11) is 1.83. The molecule has 2 rings (SSSR count). The number of aryl methyl sites for hydroxylation is 1. The van der Waals surface area contributed by atoms with E-state index < -0.39 is 0 Å². The molecule has 0 aliphatic carbocycles. The zero-order valence-corrected chi connectivity index (χ0v) is 8.18. The summed E-state index contributed by atoms with van der Waals surface area (Å²) in [6.45, 7) is 0.726. The molecule has 0 saturated carbocycles. The van der Waals surface area contributed by atoms with Gasteiger partial charge in [0.05, 0.1) is 6.04 Å². The van der Waals surface area contributed by atoms with Crippen LogP contribution in [-0.4, -0.2) is 28.3 Å². The monoisotopic (exact) mass is 194 g/mol. The molecule has 0 radical (unpaired) electrons. The van der Waals surface area contributed by atoms with Crippen molar-refractivity contribution in [2.75, 3.05) is 11.4 Å². The molecule has 5 nitrogen and oxygen atoms in total. The maximum atomic E-state index is 11.7. The number of amides is 1. The van der Waals surface area contributed by atoms with E-state index in [1.807, 2.05) is 19.3 Å². The van der Waals surface area contributed by atoms with Gasteiger partial charge in [-0.15, -0.1) is 0 Å². The fourth-order valence-electron chi connectivity index (χ4n) is 1.68. The van der Waals surface area contributed by atoms with Gasteiger partial charge in [-0.1, -0.05) is 0 Å². The van der Waals surface area contributed by atoms with Crippen molar-refractivity contribution in [3.8, 4) is 0 Å². The van der Waals surface area contributed by atoms with Crippen molar-refractivity contribution in [3.05, 3.63) is 12.3 Å². The molecule has 1 amide bonds. The number of nitrogens with zero attached hydrogens (tertiary/aromatic N) is 3. The van der Waals surface area contributed by atoms with Gasteiger partial charge in [0.25, 0.3) is 0 Å². The standard InChI is InChI=1S/C9H14N4O/c1-12-6-4-8(11-12)13-5-2-3-7(10)9(13)14/h4,6-7H,2-3,5,10H2,1H3/t7-/m1/s1. The molecule has 1 aromatic rings. The SMILES string of the molecule is Cn1ccc(N2CCC[C@@H](N)C2=O)n1. The van der Waals surface area contributed by atoms with E-state index in [9.17, 15) is 4.79 Å². The molecular formula is C9H14N4O. The molecule has 0 bridgehead atoms. The predicted octanol–water partition coefficient (Wildman–Crippen LogP) is -0.126. The molecule has 14 heavy (non-hydrogen) atoms. The lowest BCUT2D eigenvalue weighted by Gasteiger charge is -2.28. The molecule has 76 valence electrons. The highest BCUT2D eigenvalue weighted by Gasteiger charge is 2.27. The maximum Gasteiger partial charge on any atom is 0.245 e. The number of nitrogens with two attached hydrogens (primary N) is 1. The number of carbonyl (C=O) groups is 1. The normalized spacial score (nSPS) is 22.9. The average molecular weight is 194 g/mol. The first-order valence-corrected chi connectivity index (χ1v) is 4.75. The molecule has 0 spiro atoms. The number of rotatable bonds is 1. The van der Waals surface area contributed by atoms with Crippen molar-refractivity contribution >= 4 is 11.7 Å². The van der Waals surface area contributed by atoms with Crippen molar-refractivity contribution in [2.24, 2.45) is 12.8 Å².